The molecule has 0 unspecified atom stereocenters. The van der Waals surface area contributed by atoms with Gasteiger partial charge in [0.1, 0.15) is 0 Å². The van der Waals surface area contributed by atoms with Crippen molar-refractivity contribution in [3.63, 3.8) is 0 Å². The van der Waals surface area contributed by atoms with Gasteiger partial charge >= 0.3 is 0 Å². The first-order valence-electron chi connectivity index (χ1n) is 7.20. The van der Waals surface area contributed by atoms with Crippen LogP contribution in [0.2, 0.25) is 0 Å². The van der Waals surface area contributed by atoms with E-state index in [1.807, 2.05) is 12.1 Å². The molecule has 1 amide bonds. The third kappa shape index (κ3) is 5.58. The van der Waals surface area contributed by atoms with E-state index < -0.39 is 10.0 Å². The van der Waals surface area contributed by atoms with Gasteiger partial charge in [-0.25, -0.2) is 12.7 Å². The van der Waals surface area contributed by atoms with Gasteiger partial charge in [0.25, 0.3) is 0 Å². The number of hydrogen-bond donors (Lipinski definition) is 1. The molecule has 0 bridgehead atoms. The molecule has 22 heavy (non-hydrogen) atoms. The van der Waals surface area contributed by atoms with Gasteiger partial charge in [-0.3, -0.25) is 9.78 Å². The number of carbonyl (C=O) groups excluding carboxylic acids is 1. The van der Waals surface area contributed by atoms with Crippen LogP contribution >= 0.6 is 11.8 Å². The molecule has 6 nitrogen and oxygen atoms in total. The van der Waals surface area contributed by atoms with Gasteiger partial charge in [0.2, 0.25) is 15.9 Å². The van der Waals surface area contributed by atoms with Crippen molar-refractivity contribution < 1.29 is 13.2 Å². The molecule has 1 atom stereocenters. The molecule has 122 valence electrons. The number of rotatable bonds is 6. The molecule has 0 radical (unpaired) electrons. The molecule has 1 aromatic rings. The highest BCUT2D eigenvalue weighted by Crippen LogP contribution is 2.18. The molecule has 1 saturated heterocycles. The number of aromatic nitrogens is 1. The maximum atomic E-state index is 11.9. The summed E-state index contributed by atoms with van der Waals surface area (Å²) >= 11 is 1.46. The fourth-order valence-electron chi connectivity index (χ4n) is 2.39. The van der Waals surface area contributed by atoms with E-state index in [0.29, 0.717) is 25.4 Å². The van der Waals surface area contributed by atoms with Gasteiger partial charge in [0.15, 0.2) is 0 Å². The van der Waals surface area contributed by atoms with Gasteiger partial charge in [-0.05, 0) is 30.9 Å². The van der Waals surface area contributed by atoms with Crippen molar-refractivity contribution in [2.24, 2.45) is 5.92 Å². The third-order valence-corrected chi connectivity index (χ3v) is 5.84. The van der Waals surface area contributed by atoms with Crippen LogP contribution < -0.4 is 5.32 Å². The lowest BCUT2D eigenvalue weighted by Crippen LogP contribution is -2.43. The second-order valence-electron chi connectivity index (χ2n) is 5.40. The number of nitrogens with zero attached hydrogens (tertiary/aromatic N) is 2. The Labute approximate surface area is 135 Å². The molecule has 1 aromatic heterocycles. The molecular weight excluding hydrogens is 322 g/mol. The topological polar surface area (TPSA) is 79.4 Å². The average Bonchev–Trinajstić information content (AvgIpc) is 2.51. The molecule has 1 fully saturated rings. The van der Waals surface area contributed by atoms with Gasteiger partial charge in [-0.2, -0.15) is 0 Å². The van der Waals surface area contributed by atoms with Crippen LogP contribution in [-0.4, -0.2) is 55.3 Å². The van der Waals surface area contributed by atoms with E-state index in [4.69, 9.17) is 0 Å². The Balaban J connectivity index is 1.72. The van der Waals surface area contributed by atoms with E-state index in [-0.39, 0.29) is 11.8 Å². The first kappa shape index (κ1) is 17.2. The lowest BCUT2D eigenvalue weighted by Gasteiger charge is -2.30. The van der Waals surface area contributed by atoms with Crippen LogP contribution in [0, 0.1) is 5.92 Å². The Bertz CT molecular complexity index is 593. The zero-order valence-electron chi connectivity index (χ0n) is 12.6. The maximum absolute atomic E-state index is 11.9. The minimum Gasteiger partial charge on any atom is -0.355 e. The summed E-state index contributed by atoms with van der Waals surface area (Å²) in [5.74, 6) is 0.517. The lowest BCUT2D eigenvalue weighted by atomic mass is 10.00. The molecule has 1 aliphatic rings. The first-order chi connectivity index (χ1) is 10.4. The average molecular weight is 343 g/mol. The highest BCUT2D eigenvalue weighted by molar-refractivity contribution is 8.00. The Kier molecular flexibility index (Phi) is 6.22. The normalized spacial score (nSPS) is 19.8. The Morgan fingerprint density at radius 1 is 1.45 bits per heavy atom. The Morgan fingerprint density at radius 2 is 2.18 bits per heavy atom. The SMILES string of the molecule is CS(=O)(=O)N1CCC[C@@H](CNC(=O)CSc2ccncc2)C1. The van der Waals surface area contributed by atoms with E-state index >= 15 is 0 Å². The van der Waals surface area contributed by atoms with Crippen molar-refractivity contribution in [3.05, 3.63) is 24.5 Å². The first-order valence-corrected chi connectivity index (χ1v) is 10.0. The highest BCUT2D eigenvalue weighted by atomic mass is 32.2. The van der Waals surface area contributed by atoms with Crippen molar-refractivity contribution in [1.82, 2.24) is 14.6 Å². The predicted octanol–water partition coefficient (Wildman–Crippen LogP) is 0.961. The van der Waals surface area contributed by atoms with Gasteiger partial charge in [-0.15, -0.1) is 11.8 Å². The van der Waals surface area contributed by atoms with Crippen LogP contribution in [0.1, 0.15) is 12.8 Å². The van der Waals surface area contributed by atoms with Crippen LogP contribution in [-0.2, 0) is 14.8 Å². The fraction of sp³-hybridized carbons (Fsp3) is 0.571. The molecule has 0 aliphatic carbocycles. The van der Waals surface area contributed by atoms with Gasteiger partial charge < -0.3 is 5.32 Å². The van der Waals surface area contributed by atoms with E-state index in [0.717, 1.165) is 17.7 Å². The molecule has 1 N–H and O–H groups in total. The molecule has 0 saturated carbocycles. The van der Waals surface area contributed by atoms with E-state index in [2.05, 4.69) is 10.3 Å². The Hall–Kier alpha value is -1.12. The quantitative estimate of drug-likeness (QED) is 0.779. The summed E-state index contributed by atoms with van der Waals surface area (Å²) in [7, 11) is -3.13. The van der Waals surface area contributed by atoms with Crippen LogP contribution in [0.25, 0.3) is 0 Å². The number of hydrogen-bond acceptors (Lipinski definition) is 5. The number of carbonyl (C=O) groups is 1. The summed E-state index contributed by atoms with van der Waals surface area (Å²) in [5.41, 5.74) is 0. The van der Waals surface area contributed by atoms with Crippen LogP contribution in [0.5, 0.6) is 0 Å². The van der Waals surface area contributed by atoms with Crippen molar-refractivity contribution in [1.29, 1.82) is 0 Å². The van der Waals surface area contributed by atoms with Crippen molar-refractivity contribution in [2.45, 2.75) is 17.7 Å². The maximum Gasteiger partial charge on any atom is 0.230 e. The predicted molar refractivity (Wildman–Crippen MR) is 87.1 cm³/mol. The number of amides is 1. The minimum absolute atomic E-state index is 0.0294. The monoisotopic (exact) mass is 343 g/mol. The molecule has 0 aromatic carbocycles. The minimum atomic E-state index is -3.13. The number of thioether (sulfide) groups is 1. The molecule has 1 aliphatic heterocycles. The van der Waals surface area contributed by atoms with Crippen LogP contribution in [0.15, 0.2) is 29.4 Å². The smallest absolute Gasteiger partial charge is 0.230 e. The van der Waals surface area contributed by atoms with E-state index in [1.165, 1.54) is 22.3 Å². The second-order valence-corrected chi connectivity index (χ2v) is 8.44. The Morgan fingerprint density at radius 3 is 2.86 bits per heavy atom. The molecule has 8 heteroatoms. The largest absolute Gasteiger partial charge is 0.355 e. The summed E-state index contributed by atoms with van der Waals surface area (Å²) in [5, 5.41) is 2.90. The van der Waals surface area contributed by atoms with Crippen molar-refractivity contribution >= 4 is 27.7 Å². The number of piperidine rings is 1. The summed E-state index contributed by atoms with van der Waals surface area (Å²) in [6.45, 7) is 1.61. The van der Waals surface area contributed by atoms with E-state index in [9.17, 15) is 13.2 Å². The zero-order chi connectivity index (χ0) is 16.0. The molecular formula is C14H21N3O3S2. The third-order valence-electron chi connectivity index (χ3n) is 3.56. The summed E-state index contributed by atoms with van der Waals surface area (Å²) in [6.07, 6.45) is 6.42. The van der Waals surface area contributed by atoms with Crippen LogP contribution in [0.4, 0.5) is 0 Å². The van der Waals surface area contributed by atoms with Gasteiger partial charge in [0.05, 0.1) is 12.0 Å². The highest BCUT2D eigenvalue weighted by Gasteiger charge is 2.25. The van der Waals surface area contributed by atoms with Crippen LogP contribution in [0.3, 0.4) is 0 Å². The molecule has 2 heterocycles. The molecule has 2 rings (SSSR count). The number of pyridine rings is 1. The van der Waals surface area contributed by atoms with Gasteiger partial charge in [0, 0.05) is 36.9 Å². The molecule has 0 spiro atoms. The fourth-order valence-corrected chi connectivity index (χ4v) is 4.04. The van der Waals surface area contributed by atoms with Crippen molar-refractivity contribution in [3.8, 4) is 0 Å². The van der Waals surface area contributed by atoms with E-state index in [1.54, 1.807) is 12.4 Å². The summed E-state index contributed by atoms with van der Waals surface area (Å²) in [6, 6.07) is 3.73. The number of nitrogens with one attached hydrogen (secondary N) is 1. The number of sulfonamides is 1. The summed E-state index contributed by atoms with van der Waals surface area (Å²) < 4.78 is 24.6. The summed E-state index contributed by atoms with van der Waals surface area (Å²) in [4.78, 5) is 16.8. The second kappa shape index (κ2) is 7.94. The standard InChI is InChI=1S/C14H21N3O3S2/c1-22(19,20)17-8-2-3-12(10-17)9-16-14(18)11-21-13-4-6-15-7-5-13/h4-7,12H,2-3,8-11H2,1H3,(H,16,18)/t12-/m0/s1. The lowest BCUT2D eigenvalue weighted by molar-refractivity contribution is -0.118. The van der Waals surface area contributed by atoms with Gasteiger partial charge in [-0.1, -0.05) is 0 Å². The zero-order valence-corrected chi connectivity index (χ0v) is 14.2. The van der Waals surface area contributed by atoms with Crippen molar-refractivity contribution in [2.75, 3.05) is 31.6 Å².